The molecule has 0 aromatic rings. The molecule has 16 nitrogen and oxygen atoms in total. The summed E-state index contributed by atoms with van der Waals surface area (Å²) in [4.78, 5) is 56.2. The maximum atomic E-state index is 10.6. The second kappa shape index (κ2) is 9.47. The highest BCUT2D eigenvalue weighted by Gasteiger charge is 2.40. The quantitative estimate of drug-likeness (QED) is 0.114. The standard InChI is InChI=1S/2C4H10N3O5P/c2*1-7(4(5)6)2(3(8)9)13(10,11)12/h2*2H,1H3,(H3,5,6)(H,8,9)(H2,10,11,12). The zero-order valence-corrected chi connectivity index (χ0v) is 15.2. The molecule has 2 unspecified atom stereocenters. The first-order valence-corrected chi connectivity index (χ1v) is 9.41. The number of nitrogens with one attached hydrogen (secondary N) is 2. The third-order valence-electron chi connectivity index (χ3n) is 2.57. The van der Waals surface area contributed by atoms with Gasteiger partial charge in [-0.05, 0) is 0 Å². The molecule has 0 rings (SSSR count). The van der Waals surface area contributed by atoms with Gasteiger partial charge in [-0.1, -0.05) is 0 Å². The van der Waals surface area contributed by atoms with Crippen molar-refractivity contribution < 1.29 is 48.5 Å². The Balaban J connectivity index is 0. The number of likely N-dealkylation sites (N-methyl/N-ethyl adjacent to an activating group) is 2. The van der Waals surface area contributed by atoms with Crippen LogP contribution in [0.1, 0.15) is 0 Å². The normalized spacial score (nSPS) is 13.5. The van der Waals surface area contributed by atoms with Crippen LogP contribution in [0.5, 0.6) is 0 Å². The molecule has 0 aliphatic heterocycles. The Hall–Kier alpha value is -2.22. The van der Waals surface area contributed by atoms with E-state index in [1.54, 1.807) is 0 Å². The summed E-state index contributed by atoms with van der Waals surface area (Å²) in [7, 11) is -7.64. The van der Waals surface area contributed by atoms with Crippen molar-refractivity contribution in [2.24, 2.45) is 11.5 Å². The van der Waals surface area contributed by atoms with Gasteiger partial charge in [-0.25, -0.2) is 9.59 Å². The average molecular weight is 422 g/mol. The fourth-order valence-electron chi connectivity index (χ4n) is 1.33. The Bertz CT molecular complexity index is 602. The molecule has 0 aliphatic rings. The van der Waals surface area contributed by atoms with E-state index in [9.17, 15) is 18.7 Å². The molecule has 0 fully saturated rings. The van der Waals surface area contributed by atoms with Gasteiger partial charge in [0.15, 0.2) is 11.9 Å². The lowest BCUT2D eigenvalue weighted by molar-refractivity contribution is -0.140. The van der Waals surface area contributed by atoms with E-state index in [2.05, 4.69) is 0 Å². The van der Waals surface area contributed by atoms with Crippen LogP contribution in [0.3, 0.4) is 0 Å². The summed E-state index contributed by atoms with van der Waals surface area (Å²) in [6, 6.07) is 0. The van der Waals surface area contributed by atoms with E-state index >= 15 is 0 Å². The average Bonchev–Trinajstić information content (AvgIpc) is 2.34. The van der Waals surface area contributed by atoms with Crippen LogP contribution in [-0.2, 0) is 18.7 Å². The van der Waals surface area contributed by atoms with Crippen LogP contribution in [0.15, 0.2) is 0 Å². The van der Waals surface area contributed by atoms with Gasteiger partial charge < -0.3 is 51.1 Å². The zero-order chi connectivity index (χ0) is 21.6. The fraction of sp³-hybridized carbons (Fsp3) is 0.500. The molecule has 0 saturated carbocycles. The molecular weight excluding hydrogens is 402 g/mol. The predicted octanol–water partition coefficient (Wildman–Crippen LogP) is -3.20. The van der Waals surface area contributed by atoms with Crippen LogP contribution in [0.4, 0.5) is 0 Å². The first-order chi connectivity index (χ1) is 11.4. The molecule has 0 aromatic heterocycles. The molecular formula is C8H20N6O10P2. The van der Waals surface area contributed by atoms with Gasteiger partial charge in [0.1, 0.15) is 0 Å². The number of carbonyl (C=O) groups is 2. The summed E-state index contributed by atoms with van der Waals surface area (Å²) in [5, 5.41) is 30.5. The summed E-state index contributed by atoms with van der Waals surface area (Å²) in [5.41, 5.74) is 9.75. The van der Waals surface area contributed by atoms with Crippen LogP contribution in [0.25, 0.3) is 0 Å². The van der Waals surface area contributed by atoms with Gasteiger partial charge in [-0.2, -0.15) is 0 Å². The van der Waals surface area contributed by atoms with E-state index in [0.29, 0.717) is 9.80 Å². The summed E-state index contributed by atoms with van der Waals surface area (Å²) in [6.07, 6.45) is 0. The van der Waals surface area contributed by atoms with Crippen molar-refractivity contribution in [1.82, 2.24) is 9.80 Å². The van der Waals surface area contributed by atoms with Crippen LogP contribution >= 0.6 is 15.2 Å². The van der Waals surface area contributed by atoms with E-state index in [1.165, 1.54) is 0 Å². The molecule has 0 amide bonds. The topological polar surface area (TPSA) is 296 Å². The zero-order valence-electron chi connectivity index (χ0n) is 13.4. The van der Waals surface area contributed by atoms with Gasteiger partial charge in [-0.15, -0.1) is 0 Å². The maximum Gasteiger partial charge on any atom is 0.359 e. The Morgan fingerprint density at radius 1 is 0.808 bits per heavy atom. The molecule has 0 aromatic carbocycles. The Kier molecular flexibility index (Phi) is 9.48. The van der Waals surface area contributed by atoms with Crippen LogP contribution in [0, 0.1) is 10.8 Å². The third-order valence-corrected chi connectivity index (χ3v) is 4.98. The highest BCUT2D eigenvalue weighted by molar-refractivity contribution is 7.54. The molecule has 18 heteroatoms. The van der Waals surface area contributed by atoms with Crippen LogP contribution in [-0.4, -0.2) is 89.1 Å². The molecule has 0 spiro atoms. The molecule has 0 saturated heterocycles. The first kappa shape index (κ1) is 26.0. The molecule has 26 heavy (non-hydrogen) atoms. The molecule has 2 atom stereocenters. The summed E-state index contributed by atoms with van der Waals surface area (Å²) in [5.74, 6) is -9.13. The SMILES string of the molecule is CN(C(=N)N)C(C(=O)O)P(=O)(O)O.CN(C(=N)N)C(C(=O)O)P(=O)(O)O. The van der Waals surface area contributed by atoms with E-state index in [-0.39, 0.29) is 0 Å². The highest BCUT2D eigenvalue weighted by atomic mass is 31.2. The minimum absolute atomic E-state index is 0.489. The highest BCUT2D eigenvalue weighted by Crippen LogP contribution is 2.43. The Labute approximate surface area is 146 Å². The first-order valence-electron chi connectivity index (χ1n) is 6.05. The van der Waals surface area contributed by atoms with Crippen molar-refractivity contribution in [3.63, 3.8) is 0 Å². The number of nitrogens with zero attached hydrogens (tertiary/aromatic N) is 2. The van der Waals surface area contributed by atoms with Gasteiger partial charge in [0.05, 0.1) is 0 Å². The fourth-order valence-corrected chi connectivity index (χ4v) is 3.06. The minimum Gasteiger partial charge on any atom is -0.479 e. The van der Waals surface area contributed by atoms with E-state index in [4.69, 9.17) is 52.1 Å². The van der Waals surface area contributed by atoms with Crippen LogP contribution < -0.4 is 11.5 Å². The van der Waals surface area contributed by atoms with E-state index < -0.39 is 50.6 Å². The smallest absolute Gasteiger partial charge is 0.359 e. The van der Waals surface area contributed by atoms with E-state index in [1.807, 2.05) is 0 Å². The van der Waals surface area contributed by atoms with Crippen LogP contribution in [0.2, 0.25) is 0 Å². The van der Waals surface area contributed by atoms with Crippen molar-refractivity contribution in [3.05, 3.63) is 0 Å². The van der Waals surface area contributed by atoms with Gasteiger partial charge in [0.25, 0.3) is 0 Å². The van der Waals surface area contributed by atoms with Gasteiger partial charge >= 0.3 is 27.1 Å². The summed E-state index contributed by atoms with van der Waals surface area (Å²) >= 11 is 0. The number of guanidine groups is 2. The molecule has 0 radical (unpaired) electrons. The Morgan fingerprint density at radius 2 is 1.00 bits per heavy atom. The summed E-state index contributed by atoms with van der Waals surface area (Å²) < 4.78 is 21.3. The minimum atomic E-state index is -4.84. The van der Waals surface area contributed by atoms with Gasteiger partial charge in [-0.3, -0.25) is 19.9 Å². The van der Waals surface area contributed by atoms with Crippen molar-refractivity contribution in [2.45, 2.75) is 11.6 Å². The number of hydrogen-bond acceptors (Lipinski definition) is 6. The molecule has 0 aliphatic carbocycles. The molecule has 152 valence electrons. The maximum absolute atomic E-state index is 10.6. The number of carboxylic acid groups (broad SMARTS) is 2. The number of carboxylic acids is 2. The molecule has 0 heterocycles. The third kappa shape index (κ3) is 8.24. The predicted molar refractivity (Wildman–Crippen MR) is 86.3 cm³/mol. The van der Waals surface area contributed by atoms with Crippen molar-refractivity contribution in [1.29, 1.82) is 10.8 Å². The lowest BCUT2D eigenvalue weighted by Gasteiger charge is -2.24. The monoisotopic (exact) mass is 422 g/mol. The number of rotatable bonds is 6. The van der Waals surface area contributed by atoms with Crippen molar-refractivity contribution in [3.8, 4) is 0 Å². The lowest BCUT2D eigenvalue weighted by atomic mass is 10.6. The van der Waals surface area contributed by atoms with Gasteiger partial charge in [0, 0.05) is 14.1 Å². The van der Waals surface area contributed by atoms with Gasteiger partial charge in [0.2, 0.25) is 11.6 Å². The molecule has 12 N–H and O–H groups in total. The second-order valence-corrected chi connectivity index (χ2v) is 7.93. The number of hydrogen-bond donors (Lipinski definition) is 10. The van der Waals surface area contributed by atoms with Crippen molar-refractivity contribution >= 4 is 39.0 Å². The largest absolute Gasteiger partial charge is 0.479 e. The summed E-state index contributed by atoms with van der Waals surface area (Å²) in [6.45, 7) is 0. The molecule has 0 bridgehead atoms. The lowest BCUT2D eigenvalue weighted by Crippen LogP contribution is -2.45. The van der Waals surface area contributed by atoms with E-state index in [0.717, 1.165) is 14.1 Å². The number of aliphatic carboxylic acids is 2. The Morgan fingerprint density at radius 3 is 1.04 bits per heavy atom. The number of nitrogens with two attached hydrogens (primary N) is 2. The van der Waals surface area contributed by atoms with Crippen molar-refractivity contribution in [2.75, 3.05) is 14.1 Å². The second-order valence-electron chi connectivity index (χ2n) is 4.59.